The number of carbonyl (C=O) groups excluding carboxylic acids is 1. The third-order valence-corrected chi connectivity index (χ3v) is 6.61. The Bertz CT molecular complexity index is 1070. The van der Waals surface area contributed by atoms with Crippen LogP contribution in [0.25, 0.3) is 11.4 Å². The van der Waals surface area contributed by atoms with Gasteiger partial charge in [-0.25, -0.2) is 4.79 Å². The molecule has 32 heavy (non-hydrogen) atoms. The van der Waals surface area contributed by atoms with Crippen molar-refractivity contribution < 1.29 is 13.7 Å². The summed E-state index contributed by atoms with van der Waals surface area (Å²) in [4.78, 5) is 21.6. The maximum Gasteiger partial charge on any atom is 0.317 e. The lowest BCUT2D eigenvalue weighted by Crippen LogP contribution is -2.52. The van der Waals surface area contributed by atoms with Crippen LogP contribution in [0.1, 0.15) is 54.6 Å². The zero-order valence-electron chi connectivity index (χ0n) is 18.6. The van der Waals surface area contributed by atoms with Crippen LogP contribution < -0.4 is 5.32 Å². The standard InChI is InChI=1S/C24H29N5O3/c1-16-6-8-18(9-7-16)22-26-23(32-27-22)17(2)28-11-13-29(14-12-28)24(30)25-20-4-3-5-21-19(20)10-15-31-21/h6-10,15,17,20H,3-5,11-14H2,1-2H3,(H,25,30)/t17-,20-/m1/s1. The van der Waals surface area contributed by atoms with Gasteiger partial charge in [-0.2, -0.15) is 4.98 Å². The van der Waals surface area contributed by atoms with Crippen LogP contribution >= 0.6 is 0 Å². The average molecular weight is 436 g/mol. The Morgan fingerprint density at radius 3 is 2.72 bits per heavy atom. The molecule has 8 heteroatoms. The topological polar surface area (TPSA) is 87.6 Å². The first kappa shape index (κ1) is 20.8. The van der Waals surface area contributed by atoms with Crippen LogP contribution in [0.15, 0.2) is 45.5 Å². The summed E-state index contributed by atoms with van der Waals surface area (Å²) in [6.07, 6.45) is 4.66. The molecular weight excluding hydrogens is 406 g/mol. The van der Waals surface area contributed by atoms with Gasteiger partial charge in [-0.15, -0.1) is 0 Å². The van der Waals surface area contributed by atoms with E-state index in [1.807, 2.05) is 35.2 Å². The quantitative estimate of drug-likeness (QED) is 0.664. The van der Waals surface area contributed by atoms with E-state index < -0.39 is 0 Å². The number of rotatable bonds is 4. The SMILES string of the molecule is Cc1ccc(-c2noc([C@@H](C)N3CCN(C(=O)N[C@@H]4CCCc5occc54)CC3)n2)cc1. The molecule has 3 aromatic rings. The van der Waals surface area contributed by atoms with Crippen molar-refractivity contribution in [3.8, 4) is 11.4 Å². The maximum atomic E-state index is 12.9. The van der Waals surface area contributed by atoms with Crippen LogP contribution in [0.4, 0.5) is 4.79 Å². The smallest absolute Gasteiger partial charge is 0.317 e. The molecule has 5 rings (SSSR count). The van der Waals surface area contributed by atoms with E-state index in [-0.39, 0.29) is 18.1 Å². The van der Waals surface area contributed by atoms with Crippen LogP contribution in [0.5, 0.6) is 0 Å². The predicted octanol–water partition coefficient (Wildman–Crippen LogP) is 4.10. The van der Waals surface area contributed by atoms with Crippen molar-refractivity contribution in [1.29, 1.82) is 0 Å². The largest absolute Gasteiger partial charge is 0.469 e. The number of benzene rings is 1. The lowest BCUT2D eigenvalue weighted by molar-refractivity contribution is 0.0987. The number of furan rings is 1. The number of hydrogen-bond donors (Lipinski definition) is 1. The van der Waals surface area contributed by atoms with Crippen molar-refractivity contribution in [1.82, 2.24) is 25.3 Å². The molecule has 2 aromatic heterocycles. The monoisotopic (exact) mass is 435 g/mol. The molecule has 1 aliphatic carbocycles. The molecule has 0 radical (unpaired) electrons. The molecule has 0 spiro atoms. The van der Waals surface area contributed by atoms with Crippen LogP contribution in [-0.2, 0) is 6.42 Å². The predicted molar refractivity (Wildman–Crippen MR) is 119 cm³/mol. The van der Waals surface area contributed by atoms with E-state index in [1.54, 1.807) is 6.26 Å². The number of aryl methyl sites for hydroxylation is 2. The molecule has 1 aliphatic heterocycles. The van der Waals surface area contributed by atoms with Gasteiger partial charge >= 0.3 is 6.03 Å². The van der Waals surface area contributed by atoms with Gasteiger partial charge in [-0.1, -0.05) is 35.0 Å². The third-order valence-electron chi connectivity index (χ3n) is 6.61. The van der Waals surface area contributed by atoms with E-state index in [0.29, 0.717) is 24.8 Å². The molecular formula is C24H29N5O3. The van der Waals surface area contributed by atoms with Crippen LogP contribution in [-0.4, -0.2) is 52.2 Å². The summed E-state index contributed by atoms with van der Waals surface area (Å²) in [6.45, 7) is 6.99. The van der Waals surface area contributed by atoms with Gasteiger partial charge in [0, 0.05) is 43.7 Å². The number of fused-ring (bicyclic) bond motifs is 1. The lowest BCUT2D eigenvalue weighted by Gasteiger charge is -2.37. The van der Waals surface area contributed by atoms with Crippen LogP contribution in [0.3, 0.4) is 0 Å². The maximum absolute atomic E-state index is 12.9. The summed E-state index contributed by atoms with van der Waals surface area (Å²) >= 11 is 0. The molecule has 8 nitrogen and oxygen atoms in total. The molecule has 2 atom stereocenters. The number of nitrogens with one attached hydrogen (secondary N) is 1. The summed E-state index contributed by atoms with van der Waals surface area (Å²) in [5, 5.41) is 7.36. The first-order chi connectivity index (χ1) is 15.6. The van der Waals surface area contributed by atoms with E-state index in [9.17, 15) is 4.79 Å². The number of hydrogen-bond acceptors (Lipinski definition) is 6. The summed E-state index contributed by atoms with van der Waals surface area (Å²) in [5.41, 5.74) is 3.27. The van der Waals surface area contributed by atoms with E-state index in [2.05, 4.69) is 34.2 Å². The highest BCUT2D eigenvalue weighted by atomic mass is 16.5. The van der Waals surface area contributed by atoms with Crippen molar-refractivity contribution in [3.05, 3.63) is 59.4 Å². The molecule has 168 valence electrons. The van der Waals surface area contributed by atoms with Gasteiger partial charge in [-0.05, 0) is 32.8 Å². The summed E-state index contributed by atoms with van der Waals surface area (Å²) < 4.78 is 11.1. The average Bonchev–Trinajstić information content (AvgIpc) is 3.50. The minimum atomic E-state index is -0.00389. The Labute approximate surface area is 187 Å². The van der Waals surface area contributed by atoms with E-state index in [4.69, 9.17) is 8.94 Å². The fourth-order valence-electron chi connectivity index (χ4n) is 4.57. The highest BCUT2D eigenvalue weighted by Crippen LogP contribution is 2.31. The van der Waals surface area contributed by atoms with Gasteiger partial charge in [0.2, 0.25) is 11.7 Å². The Balaban J connectivity index is 1.16. The van der Waals surface area contributed by atoms with Gasteiger partial charge in [0.05, 0.1) is 18.3 Å². The molecule has 1 saturated heterocycles. The van der Waals surface area contributed by atoms with Crippen LogP contribution in [0, 0.1) is 6.92 Å². The molecule has 0 saturated carbocycles. The zero-order valence-corrected chi connectivity index (χ0v) is 18.6. The highest BCUT2D eigenvalue weighted by molar-refractivity contribution is 5.75. The highest BCUT2D eigenvalue weighted by Gasteiger charge is 2.30. The number of piperazine rings is 1. The molecule has 0 unspecified atom stereocenters. The fraction of sp³-hybridized carbons (Fsp3) is 0.458. The second-order valence-corrected chi connectivity index (χ2v) is 8.71. The minimum Gasteiger partial charge on any atom is -0.469 e. The number of carbonyl (C=O) groups is 1. The number of nitrogens with zero attached hydrogens (tertiary/aromatic N) is 4. The second-order valence-electron chi connectivity index (χ2n) is 8.71. The molecule has 2 aliphatic rings. The van der Waals surface area contributed by atoms with E-state index >= 15 is 0 Å². The zero-order chi connectivity index (χ0) is 22.1. The first-order valence-corrected chi connectivity index (χ1v) is 11.3. The summed E-state index contributed by atoms with van der Waals surface area (Å²) in [5.74, 6) is 2.22. The molecule has 1 fully saturated rings. The van der Waals surface area contributed by atoms with Crippen molar-refractivity contribution in [2.75, 3.05) is 26.2 Å². The molecule has 3 heterocycles. The summed E-state index contributed by atoms with van der Waals surface area (Å²) in [6, 6.07) is 10.1. The van der Waals surface area contributed by atoms with E-state index in [1.165, 1.54) is 5.56 Å². The lowest BCUT2D eigenvalue weighted by atomic mass is 9.93. The van der Waals surface area contributed by atoms with Crippen molar-refractivity contribution in [2.24, 2.45) is 0 Å². The van der Waals surface area contributed by atoms with Gasteiger partial charge < -0.3 is 19.2 Å². The Morgan fingerprint density at radius 1 is 1.16 bits per heavy atom. The van der Waals surface area contributed by atoms with E-state index in [0.717, 1.165) is 49.2 Å². The van der Waals surface area contributed by atoms with Crippen molar-refractivity contribution >= 4 is 6.03 Å². The second kappa shape index (κ2) is 8.78. The molecule has 0 bridgehead atoms. The summed E-state index contributed by atoms with van der Waals surface area (Å²) in [7, 11) is 0. The first-order valence-electron chi connectivity index (χ1n) is 11.3. The fourth-order valence-corrected chi connectivity index (χ4v) is 4.57. The molecule has 2 amide bonds. The van der Waals surface area contributed by atoms with Gasteiger partial charge in [0.1, 0.15) is 5.76 Å². The Kier molecular flexibility index (Phi) is 5.70. The van der Waals surface area contributed by atoms with Crippen molar-refractivity contribution in [2.45, 2.75) is 45.2 Å². The van der Waals surface area contributed by atoms with Crippen LogP contribution in [0.2, 0.25) is 0 Å². The Hall–Kier alpha value is -3.13. The Morgan fingerprint density at radius 2 is 1.94 bits per heavy atom. The number of amides is 2. The third kappa shape index (κ3) is 4.14. The number of aromatic nitrogens is 2. The van der Waals surface area contributed by atoms with Gasteiger partial charge in [-0.3, -0.25) is 4.90 Å². The van der Waals surface area contributed by atoms with Gasteiger partial charge in [0.25, 0.3) is 0 Å². The molecule has 1 N–H and O–H groups in total. The molecule has 1 aromatic carbocycles. The van der Waals surface area contributed by atoms with Gasteiger partial charge in [0.15, 0.2) is 0 Å². The minimum absolute atomic E-state index is 0.00116. The van der Waals surface area contributed by atoms with Crippen molar-refractivity contribution in [3.63, 3.8) is 0 Å². The number of urea groups is 1. The normalized spacial score (nSPS) is 20.1.